The van der Waals surface area contributed by atoms with Crippen molar-refractivity contribution in [3.63, 3.8) is 0 Å². The van der Waals surface area contributed by atoms with Crippen LogP contribution in [0.4, 0.5) is 11.4 Å². The van der Waals surface area contributed by atoms with Crippen LogP contribution in [0.25, 0.3) is 0 Å². The monoisotopic (exact) mass is 299 g/mol. The quantitative estimate of drug-likeness (QED) is 0.731. The van der Waals surface area contributed by atoms with E-state index in [0.29, 0.717) is 0 Å². The Labute approximate surface area is 124 Å². The maximum Gasteiger partial charge on any atom is 0.211 e. The van der Waals surface area contributed by atoms with E-state index in [-0.39, 0.29) is 0 Å². The summed E-state index contributed by atoms with van der Waals surface area (Å²) in [7, 11) is -2.78. The van der Waals surface area contributed by atoms with Crippen LogP contribution in [0.5, 0.6) is 0 Å². The topological polar surface area (TPSA) is 44.4 Å². The summed E-state index contributed by atoms with van der Waals surface area (Å²) in [5.74, 6) is 0. The lowest BCUT2D eigenvalue weighted by Crippen LogP contribution is -2.32. The minimum atomic E-state index is -2.78. The van der Waals surface area contributed by atoms with Crippen molar-refractivity contribution < 1.29 is 4.57 Å². The molecule has 0 aromatic heterocycles. The summed E-state index contributed by atoms with van der Waals surface area (Å²) in [6, 6.07) is 16.0. The third-order valence-corrected chi connectivity index (χ3v) is 7.51. The van der Waals surface area contributed by atoms with E-state index in [4.69, 9.17) is 0 Å². The van der Waals surface area contributed by atoms with Gasteiger partial charge in [0.15, 0.2) is 0 Å². The molecule has 2 aliphatic heterocycles. The lowest BCUT2D eigenvalue weighted by Gasteiger charge is -2.29. The van der Waals surface area contributed by atoms with Crippen molar-refractivity contribution in [2.24, 2.45) is 0 Å². The van der Waals surface area contributed by atoms with Gasteiger partial charge in [0, 0.05) is 37.6 Å². The molecule has 0 spiro atoms. The molecule has 0 atom stereocenters. The Kier molecular flexibility index (Phi) is 3.02. The molecule has 0 saturated heterocycles. The third kappa shape index (κ3) is 1.90. The van der Waals surface area contributed by atoms with Crippen LogP contribution in [-0.2, 0) is 4.57 Å². The molecule has 2 aromatic rings. The summed E-state index contributed by atoms with van der Waals surface area (Å²) in [5.41, 5.74) is 2.00. The normalized spacial score (nSPS) is 19.8. The smallest absolute Gasteiger partial charge is 0.211 e. The molecular weight excluding hydrogens is 281 g/mol. The molecule has 2 N–H and O–H groups in total. The number of hydrogen-bond donors (Lipinski definition) is 2. The summed E-state index contributed by atoms with van der Waals surface area (Å²) in [5, 5.41) is 8.71. The fraction of sp³-hybridized carbons (Fsp3) is 0.250. The summed E-state index contributed by atoms with van der Waals surface area (Å²) >= 11 is 0. The predicted molar refractivity (Wildman–Crippen MR) is 88.3 cm³/mol. The summed E-state index contributed by atoms with van der Waals surface area (Å²) in [6.07, 6.45) is 0. The number of nitrogens with one attached hydrogen (secondary N) is 2. The third-order valence-electron chi connectivity index (χ3n) is 4.23. The number of rotatable bonds is 0. The maximum absolute atomic E-state index is 14.1. The van der Waals surface area contributed by atoms with Gasteiger partial charge >= 0.3 is 0 Å². The van der Waals surface area contributed by atoms with E-state index in [9.17, 15) is 4.57 Å². The van der Waals surface area contributed by atoms with E-state index >= 15 is 0 Å². The van der Waals surface area contributed by atoms with Gasteiger partial charge in [-0.25, -0.2) is 4.67 Å². The number of para-hydroxylation sites is 2. The van der Waals surface area contributed by atoms with E-state index in [0.717, 1.165) is 48.2 Å². The molecule has 0 unspecified atom stereocenters. The van der Waals surface area contributed by atoms with Crippen molar-refractivity contribution in [2.45, 2.75) is 0 Å². The fourth-order valence-electron chi connectivity index (χ4n) is 3.24. The molecule has 0 bridgehead atoms. The van der Waals surface area contributed by atoms with Crippen LogP contribution < -0.4 is 21.2 Å². The number of hydrogen-bond acceptors (Lipinski definition) is 3. The first-order valence-corrected chi connectivity index (χ1v) is 8.98. The number of fused-ring (bicyclic) bond motifs is 5. The van der Waals surface area contributed by atoms with Crippen LogP contribution in [0.2, 0.25) is 0 Å². The van der Waals surface area contributed by atoms with Crippen LogP contribution in [-0.4, -0.2) is 30.8 Å². The van der Waals surface area contributed by atoms with Gasteiger partial charge in [0.2, 0.25) is 7.29 Å². The van der Waals surface area contributed by atoms with Gasteiger partial charge < -0.3 is 10.6 Å². The lowest BCUT2D eigenvalue weighted by atomic mass is 10.3. The van der Waals surface area contributed by atoms with Crippen molar-refractivity contribution in [3.8, 4) is 0 Å². The van der Waals surface area contributed by atoms with Crippen LogP contribution in [0.3, 0.4) is 0 Å². The molecule has 108 valence electrons. The Morgan fingerprint density at radius 2 is 1.29 bits per heavy atom. The number of nitrogens with zero attached hydrogens (tertiary/aromatic N) is 1. The molecule has 0 fully saturated rings. The number of benzene rings is 2. The molecule has 4 rings (SSSR count). The van der Waals surface area contributed by atoms with E-state index in [1.54, 1.807) is 0 Å². The zero-order valence-electron chi connectivity index (χ0n) is 11.7. The maximum atomic E-state index is 14.1. The van der Waals surface area contributed by atoms with Crippen LogP contribution >= 0.6 is 7.29 Å². The van der Waals surface area contributed by atoms with Crippen molar-refractivity contribution >= 4 is 29.3 Å². The summed E-state index contributed by atoms with van der Waals surface area (Å²) in [6.45, 7) is 3.23. The molecule has 2 aromatic carbocycles. The SMILES string of the molecule is O=P12c3ccccc3NCCN1CCNc1ccccc12. The first-order valence-electron chi connectivity index (χ1n) is 7.32. The second-order valence-corrected chi connectivity index (χ2v) is 8.10. The van der Waals surface area contributed by atoms with Crippen molar-refractivity contribution in [3.05, 3.63) is 48.5 Å². The van der Waals surface area contributed by atoms with Crippen molar-refractivity contribution in [1.29, 1.82) is 0 Å². The average molecular weight is 299 g/mol. The molecule has 4 nitrogen and oxygen atoms in total. The molecule has 5 heteroatoms. The predicted octanol–water partition coefficient (Wildman–Crippen LogP) is 2.07. The summed E-state index contributed by atoms with van der Waals surface area (Å²) < 4.78 is 16.3. The van der Waals surface area contributed by atoms with Crippen LogP contribution in [0, 0.1) is 0 Å². The molecular formula is C16H18N3OP. The second kappa shape index (κ2) is 4.90. The molecule has 0 saturated carbocycles. The Hall–Kier alpha value is -1.77. The molecule has 0 radical (unpaired) electrons. The van der Waals surface area contributed by atoms with Gasteiger partial charge in [0.25, 0.3) is 0 Å². The minimum absolute atomic E-state index is 0.794. The lowest BCUT2D eigenvalue weighted by molar-refractivity contribution is 0.450. The Morgan fingerprint density at radius 1 is 0.810 bits per heavy atom. The minimum Gasteiger partial charge on any atom is -0.383 e. The highest BCUT2D eigenvalue weighted by Crippen LogP contribution is 2.52. The van der Waals surface area contributed by atoms with Gasteiger partial charge in [0.1, 0.15) is 0 Å². The van der Waals surface area contributed by atoms with Gasteiger partial charge in [-0.05, 0) is 24.3 Å². The van der Waals surface area contributed by atoms with Gasteiger partial charge in [-0.2, -0.15) is 0 Å². The van der Waals surface area contributed by atoms with E-state index in [1.807, 2.05) is 48.5 Å². The van der Waals surface area contributed by atoms with E-state index in [2.05, 4.69) is 15.3 Å². The average Bonchev–Trinajstić information content (AvgIpc) is 2.75. The highest BCUT2D eigenvalue weighted by molar-refractivity contribution is 7.77. The Balaban J connectivity index is 2.03. The Bertz CT molecular complexity index is 673. The molecule has 0 aliphatic carbocycles. The van der Waals surface area contributed by atoms with Gasteiger partial charge in [-0.1, -0.05) is 24.3 Å². The molecule has 2 heterocycles. The highest BCUT2D eigenvalue weighted by atomic mass is 31.2. The van der Waals surface area contributed by atoms with E-state index < -0.39 is 7.29 Å². The fourth-order valence-corrected chi connectivity index (χ4v) is 6.41. The molecule has 2 aliphatic rings. The largest absolute Gasteiger partial charge is 0.383 e. The zero-order valence-corrected chi connectivity index (χ0v) is 12.6. The van der Waals surface area contributed by atoms with Gasteiger partial charge in [-0.15, -0.1) is 0 Å². The standard InChI is InChI=1S/C16H18N3OP/c20-21-15-7-3-1-5-13(15)17-9-11-19(21)12-10-18-14-6-2-4-8-16(14)21/h1-8,17-18H,9-12H2. The van der Waals surface area contributed by atoms with Crippen LogP contribution in [0.1, 0.15) is 0 Å². The van der Waals surface area contributed by atoms with Gasteiger partial charge in [0.05, 0.1) is 10.6 Å². The van der Waals surface area contributed by atoms with Crippen molar-refractivity contribution in [2.75, 3.05) is 36.8 Å². The first kappa shape index (κ1) is 12.9. The number of anilines is 2. The van der Waals surface area contributed by atoms with E-state index in [1.165, 1.54) is 0 Å². The second-order valence-electron chi connectivity index (χ2n) is 5.42. The van der Waals surface area contributed by atoms with Crippen molar-refractivity contribution in [1.82, 2.24) is 4.67 Å². The highest BCUT2D eigenvalue weighted by Gasteiger charge is 2.40. The first-order chi connectivity index (χ1) is 10.3. The van der Waals surface area contributed by atoms with Gasteiger partial charge in [-0.3, -0.25) is 4.57 Å². The molecule has 21 heavy (non-hydrogen) atoms. The zero-order chi connectivity index (χ0) is 14.3. The van der Waals surface area contributed by atoms with Crippen LogP contribution in [0.15, 0.2) is 48.5 Å². The molecule has 0 amide bonds. The summed E-state index contributed by atoms with van der Waals surface area (Å²) in [4.78, 5) is 0. The Morgan fingerprint density at radius 3 is 1.81 bits per heavy atom.